The Labute approximate surface area is 302 Å². The van der Waals surface area contributed by atoms with Gasteiger partial charge in [0.2, 0.25) is 6.41 Å². The number of hydrazine groups is 1. The lowest BCUT2D eigenvalue weighted by atomic mass is 9.86. The number of carboxylic acid groups (broad SMARTS) is 1. The van der Waals surface area contributed by atoms with Crippen LogP contribution in [0.3, 0.4) is 0 Å². The number of aromatic nitrogens is 1. The first kappa shape index (κ1) is 44.0. The molecule has 0 saturated carbocycles. The van der Waals surface area contributed by atoms with Crippen LogP contribution in [0.4, 0.5) is 9.59 Å². The van der Waals surface area contributed by atoms with E-state index in [0.717, 1.165) is 16.8 Å². The smallest absolute Gasteiger partial charge is 0.407 e. The van der Waals surface area contributed by atoms with Crippen LogP contribution < -0.4 is 21.4 Å². The molecule has 3 rings (SSSR count). The highest BCUT2D eigenvalue weighted by Crippen LogP contribution is 2.21. The molecule has 0 radical (unpaired) electrons. The summed E-state index contributed by atoms with van der Waals surface area (Å²) in [4.78, 5) is 49.7. The van der Waals surface area contributed by atoms with Crippen LogP contribution >= 0.6 is 0 Å². The number of hydrogen-bond acceptors (Lipinski definition) is 8. The maximum atomic E-state index is 12.9. The molecule has 0 bridgehead atoms. The Morgan fingerprint density at radius 1 is 0.902 bits per heavy atom. The van der Waals surface area contributed by atoms with E-state index in [1.54, 1.807) is 27.0 Å². The maximum Gasteiger partial charge on any atom is 0.407 e. The first-order chi connectivity index (χ1) is 23.9. The second kappa shape index (κ2) is 21.9. The first-order valence-corrected chi connectivity index (χ1v) is 16.6. The van der Waals surface area contributed by atoms with Gasteiger partial charge in [0.25, 0.3) is 5.91 Å². The van der Waals surface area contributed by atoms with Crippen molar-refractivity contribution >= 4 is 24.5 Å². The van der Waals surface area contributed by atoms with Crippen LogP contribution in [0.2, 0.25) is 0 Å². The minimum absolute atomic E-state index is 0.00452. The standard InChI is InChI=1S/C23H31N5O5.C8H17NO2.C7H8/c1-23(2,3)20(26-22(32)33)21(31)27-28(14-18(30)12-24-15-29)13-16-7-9-17(10-8-16)19-6-4-5-11-25-19;1-6(8(2,3)4)9-7(10)11-5;1-7-5-3-2-4-6-7/h4-11,15,18,20,26,30H,12-14H2,1-3H3,(H,24,29)(H,27,31)(H,32,33);6H,1-5H3,(H,9,10);2-6H,1H3. The summed E-state index contributed by atoms with van der Waals surface area (Å²) in [5, 5.41) is 28.2. The molecule has 13 heteroatoms. The number of benzene rings is 2. The molecular weight excluding hydrogens is 652 g/mol. The topological polar surface area (TPSA) is 182 Å². The molecule has 280 valence electrons. The van der Waals surface area contributed by atoms with Gasteiger partial charge in [-0.05, 0) is 42.4 Å². The molecule has 51 heavy (non-hydrogen) atoms. The summed E-state index contributed by atoms with van der Waals surface area (Å²) in [6, 6.07) is 22.6. The van der Waals surface area contributed by atoms with Crippen molar-refractivity contribution in [1.82, 2.24) is 31.4 Å². The highest BCUT2D eigenvalue weighted by molar-refractivity contribution is 5.85. The lowest BCUT2D eigenvalue weighted by Crippen LogP contribution is -2.58. The van der Waals surface area contributed by atoms with Gasteiger partial charge in [-0.2, -0.15) is 0 Å². The minimum Gasteiger partial charge on any atom is -0.465 e. The number of carbonyl (C=O) groups is 4. The number of alkyl carbamates (subject to hydrolysis) is 1. The molecule has 0 saturated heterocycles. The Bertz CT molecular complexity index is 1460. The van der Waals surface area contributed by atoms with Gasteiger partial charge < -0.3 is 30.9 Å². The van der Waals surface area contributed by atoms with Crippen LogP contribution in [0.25, 0.3) is 11.3 Å². The summed E-state index contributed by atoms with van der Waals surface area (Å²) < 4.78 is 4.47. The van der Waals surface area contributed by atoms with Gasteiger partial charge >= 0.3 is 12.2 Å². The molecule has 3 aromatic rings. The second-order valence-corrected chi connectivity index (χ2v) is 14.1. The van der Waals surface area contributed by atoms with Crippen molar-refractivity contribution < 1.29 is 34.1 Å². The van der Waals surface area contributed by atoms with Gasteiger partial charge in [-0.1, -0.05) is 108 Å². The lowest BCUT2D eigenvalue weighted by Gasteiger charge is -2.33. The maximum absolute atomic E-state index is 12.9. The van der Waals surface area contributed by atoms with Crippen LogP contribution in [0.15, 0.2) is 79.0 Å². The van der Waals surface area contributed by atoms with Crippen LogP contribution in [0, 0.1) is 17.8 Å². The molecule has 0 aliphatic carbocycles. The quantitative estimate of drug-likeness (QED) is 0.110. The summed E-state index contributed by atoms with van der Waals surface area (Å²) in [7, 11) is 1.37. The van der Waals surface area contributed by atoms with E-state index in [2.05, 4.69) is 70.9 Å². The van der Waals surface area contributed by atoms with Crippen LogP contribution in [-0.4, -0.2) is 83.1 Å². The van der Waals surface area contributed by atoms with E-state index >= 15 is 0 Å². The zero-order valence-electron chi connectivity index (χ0n) is 31.3. The van der Waals surface area contributed by atoms with Crippen molar-refractivity contribution in [1.29, 1.82) is 0 Å². The zero-order chi connectivity index (χ0) is 38.6. The molecule has 2 aromatic carbocycles. The number of carbonyl (C=O) groups excluding carboxylic acids is 3. The van der Waals surface area contributed by atoms with Crippen molar-refractivity contribution in [3.8, 4) is 11.3 Å². The second-order valence-electron chi connectivity index (χ2n) is 14.1. The normalized spacial score (nSPS) is 12.7. The van der Waals surface area contributed by atoms with E-state index in [1.165, 1.54) is 17.7 Å². The SMILES string of the molecule is CC(C)(C)C(NC(=O)O)C(=O)NN(Cc1ccc(-c2ccccn2)cc1)CC(O)CNC=O.COC(=O)NC(C)C(C)(C)C.Cc1ccccc1. The summed E-state index contributed by atoms with van der Waals surface area (Å²) in [5.41, 5.74) is 6.04. The fourth-order valence-corrected chi connectivity index (χ4v) is 4.19. The molecule has 3 atom stereocenters. The monoisotopic (exact) mass is 708 g/mol. The highest BCUT2D eigenvalue weighted by atomic mass is 16.5. The van der Waals surface area contributed by atoms with Crippen LogP contribution in [-0.2, 0) is 20.9 Å². The third-order valence-electron chi connectivity index (χ3n) is 7.58. The van der Waals surface area contributed by atoms with E-state index < -0.39 is 29.6 Å². The molecule has 0 aliphatic heterocycles. The molecule has 6 N–H and O–H groups in total. The largest absolute Gasteiger partial charge is 0.465 e. The van der Waals surface area contributed by atoms with Gasteiger partial charge in [0, 0.05) is 37.4 Å². The average molecular weight is 709 g/mol. The van der Waals surface area contributed by atoms with Crippen LogP contribution in [0.1, 0.15) is 59.6 Å². The number of ether oxygens (including phenoxy) is 1. The lowest BCUT2D eigenvalue weighted by molar-refractivity contribution is -0.131. The predicted octanol–water partition coefficient (Wildman–Crippen LogP) is 5.14. The van der Waals surface area contributed by atoms with Gasteiger partial charge in [-0.3, -0.25) is 20.0 Å². The first-order valence-electron chi connectivity index (χ1n) is 16.6. The van der Waals surface area contributed by atoms with Crippen molar-refractivity contribution in [2.45, 2.75) is 80.1 Å². The van der Waals surface area contributed by atoms with Crippen LogP contribution in [0.5, 0.6) is 0 Å². The fourth-order valence-electron chi connectivity index (χ4n) is 4.19. The molecule has 1 aromatic heterocycles. The van der Waals surface area contributed by atoms with Gasteiger partial charge in [-0.15, -0.1) is 0 Å². The summed E-state index contributed by atoms with van der Waals surface area (Å²) in [5.74, 6) is -0.550. The number of aliphatic hydroxyl groups excluding tert-OH is 1. The molecular formula is C38H56N6O7. The van der Waals surface area contributed by atoms with Crippen molar-refractivity contribution in [2.75, 3.05) is 20.2 Å². The Kier molecular flexibility index (Phi) is 18.9. The fraction of sp³-hybridized carbons (Fsp3) is 0.447. The number of rotatable bonds is 12. The number of nitrogens with zero attached hydrogens (tertiary/aromatic N) is 2. The van der Waals surface area contributed by atoms with Crippen molar-refractivity contribution in [2.24, 2.45) is 10.8 Å². The third-order valence-corrected chi connectivity index (χ3v) is 7.58. The average Bonchev–Trinajstić information content (AvgIpc) is 3.06. The summed E-state index contributed by atoms with van der Waals surface area (Å²) in [6.45, 7) is 15.7. The number of aliphatic hydroxyl groups is 1. The zero-order valence-corrected chi connectivity index (χ0v) is 31.3. The summed E-state index contributed by atoms with van der Waals surface area (Å²) >= 11 is 0. The van der Waals surface area contributed by atoms with E-state index in [0.29, 0.717) is 6.41 Å². The predicted molar refractivity (Wildman–Crippen MR) is 198 cm³/mol. The number of amides is 4. The molecule has 3 unspecified atom stereocenters. The Balaban J connectivity index is 0.000000586. The van der Waals surface area contributed by atoms with E-state index in [4.69, 9.17) is 5.11 Å². The van der Waals surface area contributed by atoms with E-state index in [9.17, 15) is 24.3 Å². The number of methoxy groups -OCH3 is 1. The molecule has 0 spiro atoms. The molecule has 4 amide bonds. The van der Waals surface area contributed by atoms with Gasteiger partial charge in [-0.25, -0.2) is 14.6 Å². The Hall–Kier alpha value is -5.01. The Morgan fingerprint density at radius 3 is 1.96 bits per heavy atom. The Morgan fingerprint density at radius 2 is 1.51 bits per heavy atom. The van der Waals surface area contributed by atoms with E-state index in [-0.39, 0.29) is 37.2 Å². The van der Waals surface area contributed by atoms with Gasteiger partial charge in [0.15, 0.2) is 0 Å². The third kappa shape index (κ3) is 18.5. The molecule has 0 fully saturated rings. The van der Waals surface area contributed by atoms with Gasteiger partial charge in [0.1, 0.15) is 6.04 Å². The molecule has 13 nitrogen and oxygen atoms in total. The number of pyridine rings is 1. The van der Waals surface area contributed by atoms with Crippen molar-refractivity contribution in [3.63, 3.8) is 0 Å². The summed E-state index contributed by atoms with van der Waals surface area (Å²) in [6.07, 6.45) is -0.436. The molecule has 0 aliphatic rings. The highest BCUT2D eigenvalue weighted by Gasteiger charge is 2.34. The molecule has 1 heterocycles. The van der Waals surface area contributed by atoms with E-state index in [1.807, 2.05) is 67.6 Å². The minimum atomic E-state index is -1.31. The number of aryl methyl sites for hydroxylation is 1. The number of nitrogens with one attached hydrogen (secondary N) is 4. The van der Waals surface area contributed by atoms with Crippen molar-refractivity contribution in [3.05, 3.63) is 90.1 Å². The van der Waals surface area contributed by atoms with Gasteiger partial charge in [0.05, 0.1) is 18.9 Å². The number of hydrogen-bond donors (Lipinski definition) is 6.